The molecule has 0 fully saturated rings. The van der Waals surface area contributed by atoms with Gasteiger partial charge in [-0.05, 0) is 31.0 Å². The van der Waals surface area contributed by atoms with Crippen molar-refractivity contribution >= 4 is 11.6 Å². The number of hydrogen-bond acceptors (Lipinski definition) is 2. The van der Waals surface area contributed by atoms with E-state index < -0.39 is 0 Å². The Morgan fingerprint density at radius 3 is 2.33 bits per heavy atom. The van der Waals surface area contributed by atoms with Gasteiger partial charge in [0.25, 0.3) is 0 Å². The monoisotopic (exact) mass is 204 g/mol. The number of carbonyl (C=O) groups is 2. The molecular formula is C13H16O2. The molecule has 0 unspecified atom stereocenters. The van der Waals surface area contributed by atoms with E-state index >= 15 is 0 Å². The summed E-state index contributed by atoms with van der Waals surface area (Å²) in [6.07, 6.45) is 0.454. The Hall–Kier alpha value is -1.44. The number of hydrogen-bond donors (Lipinski definition) is 0. The lowest BCUT2D eigenvalue weighted by Crippen LogP contribution is -2.07. The van der Waals surface area contributed by atoms with E-state index in [0.717, 1.165) is 11.1 Å². The molecule has 0 saturated heterocycles. The van der Waals surface area contributed by atoms with E-state index in [9.17, 15) is 9.59 Å². The van der Waals surface area contributed by atoms with Crippen LogP contribution in [-0.2, 0) is 4.79 Å². The Kier molecular flexibility index (Phi) is 3.78. The van der Waals surface area contributed by atoms with Gasteiger partial charge in [-0.25, -0.2) is 0 Å². The Balaban J connectivity index is 2.83. The van der Waals surface area contributed by atoms with Crippen molar-refractivity contribution in [1.82, 2.24) is 0 Å². The van der Waals surface area contributed by atoms with Crippen LogP contribution in [-0.4, -0.2) is 11.6 Å². The maximum Gasteiger partial charge on any atom is 0.170 e. The standard InChI is InChI=1S/C13H16O2/c1-4-12(14)8-13(15)11-6-5-9(2)10(3)7-11/h5-7H,4,8H2,1-3H3. The molecule has 0 aromatic heterocycles. The zero-order chi connectivity index (χ0) is 11.4. The molecule has 0 aliphatic carbocycles. The fourth-order valence-electron chi connectivity index (χ4n) is 1.32. The SMILES string of the molecule is CCC(=O)CC(=O)c1ccc(C)c(C)c1. The minimum Gasteiger partial charge on any atom is -0.299 e. The Bertz CT molecular complexity index is 392. The second-order valence-electron chi connectivity index (χ2n) is 3.79. The number of carbonyl (C=O) groups excluding carboxylic acids is 2. The van der Waals surface area contributed by atoms with Gasteiger partial charge >= 0.3 is 0 Å². The smallest absolute Gasteiger partial charge is 0.170 e. The van der Waals surface area contributed by atoms with Crippen LogP contribution in [0.4, 0.5) is 0 Å². The molecular weight excluding hydrogens is 188 g/mol. The van der Waals surface area contributed by atoms with Crippen molar-refractivity contribution in [3.05, 3.63) is 34.9 Å². The van der Waals surface area contributed by atoms with Crippen LogP contribution in [0.15, 0.2) is 18.2 Å². The van der Waals surface area contributed by atoms with Crippen molar-refractivity contribution in [3.63, 3.8) is 0 Å². The molecule has 0 spiro atoms. The molecule has 0 amide bonds. The van der Waals surface area contributed by atoms with Crippen molar-refractivity contribution in [2.75, 3.05) is 0 Å². The largest absolute Gasteiger partial charge is 0.299 e. The molecule has 0 saturated carbocycles. The summed E-state index contributed by atoms with van der Waals surface area (Å²) in [6.45, 7) is 5.74. The molecule has 80 valence electrons. The first-order valence-electron chi connectivity index (χ1n) is 5.16. The summed E-state index contributed by atoms with van der Waals surface area (Å²) < 4.78 is 0. The van der Waals surface area contributed by atoms with E-state index in [0.29, 0.717) is 12.0 Å². The van der Waals surface area contributed by atoms with Crippen LogP contribution < -0.4 is 0 Å². The topological polar surface area (TPSA) is 34.1 Å². The number of ketones is 2. The average Bonchev–Trinajstić information content (AvgIpc) is 2.21. The minimum atomic E-state index is -0.0787. The zero-order valence-electron chi connectivity index (χ0n) is 9.46. The molecule has 0 radical (unpaired) electrons. The van der Waals surface area contributed by atoms with Gasteiger partial charge in [-0.15, -0.1) is 0 Å². The molecule has 0 N–H and O–H groups in total. The summed E-state index contributed by atoms with van der Waals surface area (Å²) in [4.78, 5) is 22.8. The summed E-state index contributed by atoms with van der Waals surface area (Å²) in [7, 11) is 0. The third kappa shape index (κ3) is 3.01. The molecule has 0 aliphatic heterocycles. The van der Waals surface area contributed by atoms with Gasteiger partial charge in [0.2, 0.25) is 0 Å². The number of aryl methyl sites for hydroxylation is 2. The second-order valence-corrected chi connectivity index (χ2v) is 3.79. The normalized spacial score (nSPS) is 10.1. The van der Waals surface area contributed by atoms with Crippen LogP contribution >= 0.6 is 0 Å². The van der Waals surface area contributed by atoms with Crippen LogP contribution in [0.1, 0.15) is 41.3 Å². The first kappa shape index (κ1) is 11.6. The van der Waals surface area contributed by atoms with E-state index in [1.165, 1.54) is 0 Å². The van der Waals surface area contributed by atoms with E-state index in [4.69, 9.17) is 0 Å². The highest BCUT2D eigenvalue weighted by atomic mass is 16.1. The number of rotatable bonds is 4. The minimum absolute atomic E-state index is 0.00164. The van der Waals surface area contributed by atoms with Gasteiger partial charge < -0.3 is 0 Å². The molecule has 0 bridgehead atoms. The summed E-state index contributed by atoms with van der Waals surface area (Å²) in [6, 6.07) is 5.55. The molecule has 15 heavy (non-hydrogen) atoms. The molecule has 2 heteroatoms. The fraction of sp³-hybridized carbons (Fsp3) is 0.385. The maximum atomic E-state index is 11.7. The summed E-state index contributed by atoms with van der Waals surface area (Å²) in [5, 5.41) is 0. The highest BCUT2D eigenvalue weighted by Crippen LogP contribution is 2.12. The lowest BCUT2D eigenvalue weighted by Gasteiger charge is -2.03. The van der Waals surface area contributed by atoms with E-state index in [2.05, 4.69) is 0 Å². The average molecular weight is 204 g/mol. The number of Topliss-reactive ketones (excluding diaryl/α,β-unsaturated/α-hetero) is 2. The van der Waals surface area contributed by atoms with Gasteiger partial charge in [0.05, 0.1) is 6.42 Å². The van der Waals surface area contributed by atoms with Gasteiger partial charge in [-0.1, -0.05) is 19.1 Å². The van der Waals surface area contributed by atoms with E-state index in [-0.39, 0.29) is 18.0 Å². The van der Waals surface area contributed by atoms with E-state index in [1.807, 2.05) is 26.0 Å². The molecule has 1 rings (SSSR count). The molecule has 2 nitrogen and oxygen atoms in total. The predicted octanol–water partition coefficient (Wildman–Crippen LogP) is 2.86. The number of benzene rings is 1. The lowest BCUT2D eigenvalue weighted by molar-refractivity contribution is -0.117. The first-order valence-corrected chi connectivity index (χ1v) is 5.16. The van der Waals surface area contributed by atoms with Crippen molar-refractivity contribution in [2.24, 2.45) is 0 Å². The molecule has 0 atom stereocenters. The Morgan fingerprint density at radius 1 is 1.13 bits per heavy atom. The summed E-state index contributed by atoms with van der Waals surface area (Å²) in [5.41, 5.74) is 2.89. The molecule has 0 aliphatic rings. The van der Waals surface area contributed by atoms with Crippen LogP contribution in [0, 0.1) is 13.8 Å². The zero-order valence-corrected chi connectivity index (χ0v) is 9.46. The third-order valence-electron chi connectivity index (χ3n) is 2.58. The third-order valence-corrected chi connectivity index (χ3v) is 2.58. The summed E-state index contributed by atoms with van der Waals surface area (Å²) in [5.74, 6) is -0.0804. The lowest BCUT2D eigenvalue weighted by atomic mass is 10.0. The Labute approximate surface area is 90.3 Å². The van der Waals surface area contributed by atoms with Crippen LogP contribution in [0.5, 0.6) is 0 Å². The van der Waals surface area contributed by atoms with Crippen LogP contribution in [0.25, 0.3) is 0 Å². The van der Waals surface area contributed by atoms with E-state index in [1.54, 1.807) is 13.0 Å². The van der Waals surface area contributed by atoms with Gasteiger partial charge in [0.15, 0.2) is 5.78 Å². The molecule has 1 aromatic carbocycles. The molecule has 0 heterocycles. The van der Waals surface area contributed by atoms with Crippen molar-refractivity contribution in [3.8, 4) is 0 Å². The van der Waals surface area contributed by atoms with Crippen molar-refractivity contribution < 1.29 is 9.59 Å². The van der Waals surface area contributed by atoms with Gasteiger partial charge in [-0.3, -0.25) is 9.59 Å². The van der Waals surface area contributed by atoms with Crippen LogP contribution in [0.2, 0.25) is 0 Å². The van der Waals surface area contributed by atoms with Gasteiger partial charge in [-0.2, -0.15) is 0 Å². The van der Waals surface area contributed by atoms with Crippen molar-refractivity contribution in [2.45, 2.75) is 33.6 Å². The molecule has 1 aromatic rings. The quantitative estimate of drug-likeness (QED) is 0.558. The first-order chi connectivity index (χ1) is 7.04. The van der Waals surface area contributed by atoms with Crippen molar-refractivity contribution in [1.29, 1.82) is 0 Å². The predicted molar refractivity (Wildman–Crippen MR) is 60.2 cm³/mol. The highest BCUT2D eigenvalue weighted by molar-refractivity contribution is 6.07. The van der Waals surface area contributed by atoms with Crippen LogP contribution in [0.3, 0.4) is 0 Å². The van der Waals surface area contributed by atoms with Gasteiger partial charge in [0.1, 0.15) is 5.78 Å². The second kappa shape index (κ2) is 4.87. The Morgan fingerprint density at radius 2 is 1.80 bits per heavy atom. The van der Waals surface area contributed by atoms with Gasteiger partial charge in [0, 0.05) is 12.0 Å². The maximum absolute atomic E-state index is 11.7. The highest BCUT2D eigenvalue weighted by Gasteiger charge is 2.10. The fourth-order valence-corrected chi connectivity index (χ4v) is 1.32. The summed E-state index contributed by atoms with van der Waals surface area (Å²) >= 11 is 0.